The lowest BCUT2D eigenvalue weighted by Gasteiger charge is -2.02. The third-order valence-electron chi connectivity index (χ3n) is 1.61. The average molecular weight is 199 g/mol. The number of ketones is 1. The van der Waals surface area contributed by atoms with E-state index in [4.69, 9.17) is 16.3 Å². The molecule has 0 fully saturated rings. The maximum absolute atomic E-state index is 11.4. The number of carbonyl (C=O) groups is 1. The number of ether oxygens (including phenoxy) is 1. The lowest BCUT2D eigenvalue weighted by atomic mass is 10.1. The predicted octanol–water partition coefficient (Wildman–Crippen LogP) is 2.56. The molecule has 0 saturated carbocycles. The van der Waals surface area contributed by atoms with E-state index in [0.717, 1.165) is 0 Å². The Morgan fingerprint density at radius 2 is 2.15 bits per heavy atom. The molecular weight excluding hydrogens is 188 g/mol. The van der Waals surface area contributed by atoms with Crippen molar-refractivity contribution in [3.8, 4) is 0 Å². The van der Waals surface area contributed by atoms with E-state index < -0.39 is 0 Å². The second kappa shape index (κ2) is 5.00. The van der Waals surface area contributed by atoms with Crippen LogP contribution in [0.3, 0.4) is 0 Å². The number of benzene rings is 1. The van der Waals surface area contributed by atoms with E-state index in [-0.39, 0.29) is 12.4 Å². The van der Waals surface area contributed by atoms with Crippen LogP contribution in [-0.4, -0.2) is 19.0 Å². The second-order valence-corrected chi connectivity index (χ2v) is 2.95. The van der Waals surface area contributed by atoms with Gasteiger partial charge in [0, 0.05) is 12.2 Å². The van der Waals surface area contributed by atoms with E-state index in [1.165, 1.54) is 0 Å². The monoisotopic (exact) mass is 198 g/mol. The van der Waals surface area contributed by atoms with Crippen molar-refractivity contribution >= 4 is 17.4 Å². The number of carbonyl (C=O) groups excluding carboxylic acids is 1. The van der Waals surface area contributed by atoms with Crippen LogP contribution >= 0.6 is 11.6 Å². The summed E-state index contributed by atoms with van der Waals surface area (Å²) in [4.78, 5) is 11.4. The van der Waals surface area contributed by atoms with Crippen molar-refractivity contribution < 1.29 is 9.53 Å². The summed E-state index contributed by atoms with van der Waals surface area (Å²) in [6.07, 6.45) is 0. The van der Waals surface area contributed by atoms with E-state index in [2.05, 4.69) is 0 Å². The van der Waals surface area contributed by atoms with Gasteiger partial charge in [0.2, 0.25) is 0 Å². The van der Waals surface area contributed by atoms with E-state index in [0.29, 0.717) is 17.2 Å². The molecule has 0 atom stereocenters. The van der Waals surface area contributed by atoms with Crippen molar-refractivity contribution in [3.05, 3.63) is 34.9 Å². The van der Waals surface area contributed by atoms with Gasteiger partial charge in [-0.1, -0.05) is 23.7 Å². The number of rotatable bonds is 4. The highest BCUT2D eigenvalue weighted by atomic mass is 35.5. The fourth-order valence-corrected chi connectivity index (χ4v) is 1.20. The molecule has 0 spiro atoms. The van der Waals surface area contributed by atoms with Crippen LogP contribution in [0.15, 0.2) is 24.3 Å². The average Bonchev–Trinajstić information content (AvgIpc) is 2.15. The Bertz CT molecular complexity index is 297. The van der Waals surface area contributed by atoms with Crippen LogP contribution in [0.5, 0.6) is 0 Å². The van der Waals surface area contributed by atoms with E-state index in [9.17, 15) is 4.79 Å². The zero-order valence-corrected chi connectivity index (χ0v) is 8.17. The zero-order chi connectivity index (χ0) is 9.68. The molecular formula is C10H11ClO2. The predicted molar refractivity (Wildman–Crippen MR) is 52.3 cm³/mol. The van der Waals surface area contributed by atoms with Crippen molar-refractivity contribution in [2.75, 3.05) is 13.2 Å². The molecule has 0 aromatic heterocycles. The highest BCUT2D eigenvalue weighted by molar-refractivity contribution is 6.34. The molecule has 3 heteroatoms. The van der Waals surface area contributed by atoms with E-state index in [1.807, 2.05) is 6.92 Å². The molecule has 0 radical (unpaired) electrons. The summed E-state index contributed by atoms with van der Waals surface area (Å²) < 4.78 is 5.00. The fourth-order valence-electron chi connectivity index (χ4n) is 0.960. The fraction of sp³-hybridized carbons (Fsp3) is 0.300. The van der Waals surface area contributed by atoms with Crippen LogP contribution < -0.4 is 0 Å². The first-order valence-corrected chi connectivity index (χ1v) is 4.49. The standard InChI is InChI=1S/C10H11ClO2/c1-2-13-7-10(12)8-5-3-4-6-9(8)11/h3-6H,2,7H2,1H3. The second-order valence-electron chi connectivity index (χ2n) is 2.54. The van der Waals surface area contributed by atoms with Crippen molar-refractivity contribution in [3.63, 3.8) is 0 Å². The van der Waals surface area contributed by atoms with Crippen LogP contribution in [-0.2, 0) is 4.74 Å². The van der Waals surface area contributed by atoms with Crippen molar-refractivity contribution in [1.82, 2.24) is 0 Å². The third-order valence-corrected chi connectivity index (χ3v) is 1.94. The molecule has 70 valence electrons. The van der Waals surface area contributed by atoms with Crippen LogP contribution in [0.1, 0.15) is 17.3 Å². The molecule has 0 aliphatic carbocycles. The minimum Gasteiger partial charge on any atom is -0.374 e. The van der Waals surface area contributed by atoms with Gasteiger partial charge in [-0.05, 0) is 19.1 Å². The van der Waals surface area contributed by atoms with Gasteiger partial charge in [-0.25, -0.2) is 0 Å². The van der Waals surface area contributed by atoms with Gasteiger partial charge in [0.1, 0.15) is 6.61 Å². The highest BCUT2D eigenvalue weighted by Gasteiger charge is 2.08. The van der Waals surface area contributed by atoms with Crippen molar-refractivity contribution in [1.29, 1.82) is 0 Å². The maximum atomic E-state index is 11.4. The smallest absolute Gasteiger partial charge is 0.189 e. The number of Topliss-reactive ketones (excluding diaryl/α,β-unsaturated/α-hetero) is 1. The summed E-state index contributed by atoms with van der Waals surface area (Å²) in [7, 11) is 0. The highest BCUT2D eigenvalue weighted by Crippen LogP contribution is 2.15. The van der Waals surface area contributed by atoms with Gasteiger partial charge < -0.3 is 4.74 Å². The molecule has 0 aliphatic rings. The van der Waals surface area contributed by atoms with Gasteiger partial charge in [-0.2, -0.15) is 0 Å². The molecule has 13 heavy (non-hydrogen) atoms. The Hall–Kier alpha value is -0.860. The number of hydrogen-bond acceptors (Lipinski definition) is 2. The molecule has 1 rings (SSSR count). The lowest BCUT2D eigenvalue weighted by molar-refractivity contribution is 0.0783. The first kappa shape index (κ1) is 10.2. The van der Waals surface area contributed by atoms with E-state index >= 15 is 0 Å². The Balaban J connectivity index is 2.71. The van der Waals surface area contributed by atoms with Gasteiger partial charge in [0.15, 0.2) is 5.78 Å². The lowest BCUT2D eigenvalue weighted by Crippen LogP contribution is -2.09. The Labute approximate surface area is 82.5 Å². The third kappa shape index (κ3) is 2.83. The molecule has 0 amide bonds. The molecule has 0 N–H and O–H groups in total. The summed E-state index contributed by atoms with van der Waals surface area (Å²) in [5, 5.41) is 0.479. The summed E-state index contributed by atoms with van der Waals surface area (Å²) in [6, 6.07) is 6.97. The molecule has 0 heterocycles. The Morgan fingerprint density at radius 1 is 1.46 bits per heavy atom. The van der Waals surface area contributed by atoms with Gasteiger partial charge in [0.05, 0.1) is 5.02 Å². The largest absolute Gasteiger partial charge is 0.374 e. The normalized spacial score (nSPS) is 10.0. The van der Waals surface area contributed by atoms with Crippen LogP contribution in [0.4, 0.5) is 0 Å². The Morgan fingerprint density at radius 3 is 2.77 bits per heavy atom. The molecule has 1 aromatic rings. The first-order valence-electron chi connectivity index (χ1n) is 4.11. The van der Waals surface area contributed by atoms with Crippen LogP contribution in [0.25, 0.3) is 0 Å². The van der Waals surface area contributed by atoms with Gasteiger partial charge in [-0.15, -0.1) is 0 Å². The summed E-state index contributed by atoms with van der Waals surface area (Å²) in [5.74, 6) is -0.0764. The van der Waals surface area contributed by atoms with Crippen LogP contribution in [0.2, 0.25) is 5.02 Å². The summed E-state index contributed by atoms with van der Waals surface area (Å²) in [6.45, 7) is 2.48. The van der Waals surface area contributed by atoms with Gasteiger partial charge >= 0.3 is 0 Å². The van der Waals surface area contributed by atoms with Crippen molar-refractivity contribution in [2.24, 2.45) is 0 Å². The van der Waals surface area contributed by atoms with Crippen molar-refractivity contribution in [2.45, 2.75) is 6.92 Å². The SMILES string of the molecule is CCOCC(=O)c1ccccc1Cl. The minimum atomic E-state index is -0.0764. The maximum Gasteiger partial charge on any atom is 0.189 e. The summed E-state index contributed by atoms with van der Waals surface area (Å²) >= 11 is 5.82. The van der Waals surface area contributed by atoms with E-state index in [1.54, 1.807) is 24.3 Å². The minimum absolute atomic E-state index is 0.0764. The summed E-state index contributed by atoms with van der Waals surface area (Å²) in [5.41, 5.74) is 0.526. The molecule has 0 bridgehead atoms. The number of hydrogen-bond donors (Lipinski definition) is 0. The zero-order valence-electron chi connectivity index (χ0n) is 7.42. The number of halogens is 1. The topological polar surface area (TPSA) is 26.3 Å². The van der Waals surface area contributed by atoms with Gasteiger partial charge in [0.25, 0.3) is 0 Å². The molecule has 2 nitrogen and oxygen atoms in total. The molecule has 0 unspecified atom stereocenters. The van der Waals surface area contributed by atoms with Crippen LogP contribution in [0, 0.1) is 0 Å². The molecule has 0 aliphatic heterocycles. The first-order chi connectivity index (χ1) is 6.25. The molecule has 1 aromatic carbocycles. The quantitative estimate of drug-likeness (QED) is 0.696. The molecule has 0 saturated heterocycles. The Kier molecular flexibility index (Phi) is 3.93. The van der Waals surface area contributed by atoms with Gasteiger partial charge in [-0.3, -0.25) is 4.79 Å².